The van der Waals surface area contributed by atoms with E-state index < -0.39 is 0 Å². The third kappa shape index (κ3) is 7.95. The number of nitrogens with one attached hydrogen (secondary N) is 2. The maximum absolute atomic E-state index is 12.7. The molecule has 4 aromatic rings. The Kier molecular flexibility index (Phi) is 10.7. The monoisotopic (exact) mass is 709 g/mol. The molecule has 2 amide bonds. The molecule has 10 heteroatoms. The molecular weight excluding hydrogens is 662 g/mol. The van der Waals surface area contributed by atoms with Gasteiger partial charge in [-0.15, -0.1) is 0 Å². The molecule has 3 saturated heterocycles. The van der Waals surface area contributed by atoms with E-state index in [9.17, 15) is 14.4 Å². The first kappa shape index (κ1) is 35.1. The molecule has 1 unspecified atom stereocenters. The van der Waals surface area contributed by atoms with Crippen molar-refractivity contribution in [1.29, 1.82) is 0 Å². The lowest BCUT2D eigenvalue weighted by atomic mass is 9.85. The Labute approximate surface area is 304 Å². The van der Waals surface area contributed by atoms with Gasteiger partial charge in [-0.1, -0.05) is 42.6 Å². The first-order chi connectivity index (χ1) is 24.7. The normalized spacial score (nSPS) is 19.4. The number of aromatic nitrogens is 1. The van der Waals surface area contributed by atoms with Crippen LogP contribution in [0.1, 0.15) is 56.9 Å². The van der Waals surface area contributed by atoms with Gasteiger partial charge in [0.05, 0.1) is 7.11 Å². The molecule has 7 rings (SSSR count). The van der Waals surface area contributed by atoms with Crippen molar-refractivity contribution in [2.75, 3.05) is 43.5 Å². The maximum atomic E-state index is 12.7. The number of aryl methyl sites for hydroxylation is 1. The number of rotatable bonds is 10. The number of fused-ring (bicyclic) bond motifs is 1. The van der Waals surface area contributed by atoms with Crippen LogP contribution >= 0.6 is 11.6 Å². The third-order valence-corrected chi connectivity index (χ3v) is 11.6. The second-order valence-corrected chi connectivity index (χ2v) is 15.0. The van der Waals surface area contributed by atoms with Crippen molar-refractivity contribution in [2.24, 2.45) is 18.9 Å². The largest absolute Gasteiger partial charge is 0.496 e. The van der Waals surface area contributed by atoms with Gasteiger partial charge in [0, 0.05) is 72.2 Å². The summed E-state index contributed by atoms with van der Waals surface area (Å²) in [5.74, 6) is 1.88. The van der Waals surface area contributed by atoms with Gasteiger partial charge in [-0.25, -0.2) is 0 Å². The molecule has 0 spiro atoms. The SMILES string of the molecule is COc1cc(-c2cn(C)c(=O)c3ccccc23)cc(Cl)c1CN1CCC(CCC2CCN(c3ccc(NC4CCC(=O)NC4=O)cc3)CC2)CC1. The molecule has 3 aromatic carbocycles. The predicted molar refractivity (Wildman–Crippen MR) is 205 cm³/mol. The minimum atomic E-state index is -0.363. The molecule has 51 heavy (non-hydrogen) atoms. The van der Waals surface area contributed by atoms with Crippen molar-refractivity contribution < 1.29 is 14.3 Å². The number of hydrogen-bond donors (Lipinski definition) is 2. The van der Waals surface area contributed by atoms with Gasteiger partial charge >= 0.3 is 0 Å². The molecule has 0 bridgehead atoms. The average Bonchev–Trinajstić information content (AvgIpc) is 3.15. The number of likely N-dealkylation sites (tertiary alicyclic amines) is 1. The highest BCUT2D eigenvalue weighted by molar-refractivity contribution is 6.32. The number of pyridine rings is 1. The van der Waals surface area contributed by atoms with Crippen LogP contribution in [0.2, 0.25) is 5.02 Å². The van der Waals surface area contributed by atoms with E-state index in [2.05, 4.69) is 38.6 Å². The highest BCUT2D eigenvalue weighted by atomic mass is 35.5. The summed E-state index contributed by atoms with van der Waals surface area (Å²) in [5.41, 5.74) is 5.03. The van der Waals surface area contributed by atoms with Gasteiger partial charge in [-0.2, -0.15) is 0 Å². The molecule has 0 radical (unpaired) electrons. The van der Waals surface area contributed by atoms with Crippen LogP contribution in [0.4, 0.5) is 11.4 Å². The highest BCUT2D eigenvalue weighted by Gasteiger charge is 2.27. The first-order valence-electron chi connectivity index (χ1n) is 18.4. The molecule has 3 fully saturated rings. The summed E-state index contributed by atoms with van der Waals surface area (Å²) in [6, 6.07) is 19.8. The fourth-order valence-corrected chi connectivity index (χ4v) is 8.43. The second-order valence-electron chi connectivity index (χ2n) is 14.6. The maximum Gasteiger partial charge on any atom is 0.258 e. The number of anilines is 2. The Hall–Kier alpha value is -4.34. The van der Waals surface area contributed by atoms with Crippen LogP contribution in [0, 0.1) is 11.8 Å². The molecule has 268 valence electrons. The fourth-order valence-electron chi connectivity index (χ4n) is 8.16. The van der Waals surface area contributed by atoms with Crippen LogP contribution in [-0.2, 0) is 23.2 Å². The standard InChI is InChI=1S/C41H48ClN5O4/c1-45-25-34(32-5-3-4-6-33(32)41(45)50)29-23-36(42)35(38(24-29)51-2)26-46-19-15-27(16-20-46)7-8-28-17-21-47(22-18-28)31-11-9-30(10-12-31)43-37-13-14-39(48)44-40(37)49/h3-6,9-12,23-25,27-28,37,43H,7-8,13-22,26H2,1-2H3,(H,44,48,49). The van der Waals surface area contributed by atoms with Crippen LogP contribution < -0.4 is 25.8 Å². The van der Waals surface area contributed by atoms with E-state index in [4.69, 9.17) is 16.3 Å². The number of halogens is 1. The lowest BCUT2D eigenvalue weighted by Crippen LogP contribution is -2.47. The molecule has 1 aromatic heterocycles. The Morgan fingerprint density at radius 1 is 0.863 bits per heavy atom. The summed E-state index contributed by atoms with van der Waals surface area (Å²) in [5, 5.41) is 7.97. The van der Waals surface area contributed by atoms with Gasteiger partial charge < -0.3 is 19.5 Å². The molecule has 3 aliphatic rings. The smallest absolute Gasteiger partial charge is 0.258 e. The van der Waals surface area contributed by atoms with Crippen LogP contribution in [-0.4, -0.2) is 60.6 Å². The van der Waals surface area contributed by atoms with Gasteiger partial charge in [0.25, 0.3) is 5.56 Å². The van der Waals surface area contributed by atoms with Crippen molar-refractivity contribution in [3.05, 3.63) is 87.8 Å². The number of imide groups is 1. The van der Waals surface area contributed by atoms with Crippen LogP contribution in [0.25, 0.3) is 21.9 Å². The van der Waals surface area contributed by atoms with Crippen molar-refractivity contribution in [3.8, 4) is 16.9 Å². The number of carbonyl (C=O) groups excluding carboxylic acids is 2. The summed E-state index contributed by atoms with van der Waals surface area (Å²) in [7, 11) is 3.49. The van der Waals surface area contributed by atoms with Gasteiger partial charge in [-0.05, 0) is 110 Å². The minimum absolute atomic E-state index is 0.0138. The Morgan fingerprint density at radius 2 is 1.53 bits per heavy atom. The van der Waals surface area contributed by atoms with Crippen molar-refractivity contribution >= 4 is 45.6 Å². The molecule has 4 heterocycles. The number of amides is 2. The quantitative estimate of drug-likeness (QED) is 0.171. The Morgan fingerprint density at radius 3 is 2.20 bits per heavy atom. The zero-order valence-corrected chi connectivity index (χ0v) is 30.4. The molecule has 3 aliphatic heterocycles. The van der Waals surface area contributed by atoms with Crippen molar-refractivity contribution in [1.82, 2.24) is 14.8 Å². The second kappa shape index (κ2) is 15.5. The van der Waals surface area contributed by atoms with E-state index >= 15 is 0 Å². The molecule has 2 N–H and O–H groups in total. The lowest BCUT2D eigenvalue weighted by molar-refractivity contribution is -0.133. The number of hydrogen-bond acceptors (Lipinski definition) is 7. The minimum Gasteiger partial charge on any atom is -0.496 e. The fraction of sp³-hybridized carbons (Fsp3) is 0.439. The zero-order chi connectivity index (χ0) is 35.5. The summed E-state index contributed by atoms with van der Waals surface area (Å²) < 4.78 is 7.52. The molecular formula is C41H48ClN5O4. The lowest BCUT2D eigenvalue weighted by Gasteiger charge is -2.36. The number of methoxy groups -OCH3 is 1. The van der Waals surface area contributed by atoms with E-state index in [1.54, 1.807) is 18.7 Å². The number of nitrogens with zero attached hydrogens (tertiary/aromatic N) is 3. The molecule has 9 nitrogen and oxygen atoms in total. The average molecular weight is 710 g/mol. The van der Waals surface area contributed by atoms with E-state index in [0.717, 1.165) is 78.1 Å². The van der Waals surface area contributed by atoms with Gasteiger partial charge in [0.15, 0.2) is 0 Å². The van der Waals surface area contributed by atoms with Gasteiger partial charge in [0.1, 0.15) is 11.8 Å². The topological polar surface area (TPSA) is 95.9 Å². The molecule has 1 atom stereocenters. The highest BCUT2D eigenvalue weighted by Crippen LogP contribution is 2.38. The Balaban J connectivity index is 0.873. The van der Waals surface area contributed by atoms with Crippen molar-refractivity contribution in [3.63, 3.8) is 0 Å². The summed E-state index contributed by atoms with van der Waals surface area (Å²) in [4.78, 5) is 41.2. The summed E-state index contributed by atoms with van der Waals surface area (Å²) in [6.07, 6.45) is 10.2. The van der Waals surface area contributed by atoms with Crippen LogP contribution in [0.3, 0.4) is 0 Å². The van der Waals surface area contributed by atoms with E-state index in [-0.39, 0.29) is 23.4 Å². The van der Waals surface area contributed by atoms with E-state index in [1.165, 1.54) is 44.2 Å². The molecule has 0 aliphatic carbocycles. The van der Waals surface area contributed by atoms with Crippen LogP contribution in [0.5, 0.6) is 5.75 Å². The van der Waals surface area contributed by atoms with Crippen molar-refractivity contribution in [2.45, 2.75) is 64.0 Å². The van der Waals surface area contributed by atoms with Crippen LogP contribution in [0.15, 0.2) is 71.7 Å². The van der Waals surface area contributed by atoms with E-state index in [0.29, 0.717) is 23.3 Å². The molecule has 0 saturated carbocycles. The zero-order valence-electron chi connectivity index (χ0n) is 29.6. The number of benzene rings is 3. The van der Waals surface area contributed by atoms with Gasteiger partial charge in [0.2, 0.25) is 11.8 Å². The van der Waals surface area contributed by atoms with E-state index in [1.807, 2.05) is 48.7 Å². The summed E-state index contributed by atoms with van der Waals surface area (Å²) in [6.45, 7) is 5.02. The van der Waals surface area contributed by atoms with Gasteiger partial charge in [-0.3, -0.25) is 24.6 Å². The number of carbonyl (C=O) groups is 2. The Bertz CT molecular complexity index is 1940. The predicted octanol–water partition coefficient (Wildman–Crippen LogP) is 6.99. The number of piperidine rings is 3. The summed E-state index contributed by atoms with van der Waals surface area (Å²) >= 11 is 6.97. The third-order valence-electron chi connectivity index (χ3n) is 11.3. The first-order valence-corrected chi connectivity index (χ1v) is 18.8. The number of ether oxygens (including phenoxy) is 1.